The van der Waals surface area contributed by atoms with Gasteiger partial charge in [-0.1, -0.05) is 23.2 Å². The molecule has 6 heteroatoms. The van der Waals surface area contributed by atoms with Crippen molar-refractivity contribution in [2.45, 2.75) is 6.43 Å². The van der Waals surface area contributed by atoms with Crippen molar-refractivity contribution < 1.29 is 13.6 Å². The van der Waals surface area contributed by atoms with Crippen LogP contribution in [0.25, 0.3) is 0 Å². The van der Waals surface area contributed by atoms with Crippen molar-refractivity contribution in [1.82, 2.24) is 4.98 Å². The smallest absolute Gasteiger partial charge is 0.266 e. The largest absolute Gasteiger partial charge is 0.298 e. The molecule has 0 fully saturated rings. The van der Waals surface area contributed by atoms with E-state index < -0.39 is 12.0 Å². The van der Waals surface area contributed by atoms with Crippen LogP contribution in [-0.4, -0.2) is 11.3 Å². The molecule has 2 nitrogen and oxygen atoms in total. The third kappa shape index (κ3) is 2.14. The summed E-state index contributed by atoms with van der Waals surface area (Å²) in [5.41, 5.74) is -0.588. The fourth-order valence-corrected chi connectivity index (χ4v) is 1.19. The van der Waals surface area contributed by atoms with E-state index in [9.17, 15) is 13.6 Å². The molecule has 0 aliphatic carbocycles. The number of nitrogens with zero attached hydrogens (tertiary/aromatic N) is 1. The molecule has 0 spiro atoms. The summed E-state index contributed by atoms with van der Waals surface area (Å²) in [6.07, 6.45) is -2.42. The SMILES string of the molecule is O=Cc1cc(C(F)F)c(Cl)nc1Cl. The second-order valence-electron chi connectivity index (χ2n) is 2.17. The van der Waals surface area contributed by atoms with Gasteiger partial charge in [-0.2, -0.15) is 0 Å². The third-order valence-corrected chi connectivity index (χ3v) is 1.95. The Balaban J connectivity index is 3.30. The van der Waals surface area contributed by atoms with E-state index >= 15 is 0 Å². The maximum absolute atomic E-state index is 12.2. The average Bonchev–Trinajstić information content (AvgIpc) is 2.03. The molecular weight excluding hydrogens is 223 g/mol. The Morgan fingerprint density at radius 2 is 2.00 bits per heavy atom. The minimum atomic E-state index is -2.77. The van der Waals surface area contributed by atoms with E-state index in [1.807, 2.05) is 0 Å². The van der Waals surface area contributed by atoms with E-state index in [1.54, 1.807) is 0 Å². The number of alkyl halides is 2. The standard InChI is InChI=1S/C7H3Cl2F2NO/c8-5-3(2-13)1-4(7(10)11)6(9)12-5/h1-2,7H. The highest BCUT2D eigenvalue weighted by atomic mass is 35.5. The number of halogens is 4. The van der Waals surface area contributed by atoms with E-state index in [4.69, 9.17) is 23.2 Å². The summed E-state index contributed by atoms with van der Waals surface area (Å²) in [5, 5.41) is -0.560. The fraction of sp³-hybridized carbons (Fsp3) is 0.143. The predicted octanol–water partition coefficient (Wildman–Crippen LogP) is 3.14. The molecule has 1 rings (SSSR count). The maximum atomic E-state index is 12.2. The van der Waals surface area contributed by atoms with Crippen molar-refractivity contribution in [1.29, 1.82) is 0 Å². The number of aromatic nitrogens is 1. The summed E-state index contributed by atoms with van der Waals surface area (Å²) in [6.45, 7) is 0. The molecule has 0 aliphatic rings. The molecule has 0 unspecified atom stereocenters. The first kappa shape index (κ1) is 10.3. The van der Waals surface area contributed by atoms with Gasteiger partial charge in [0, 0.05) is 0 Å². The number of carbonyl (C=O) groups is 1. The number of hydrogen-bond acceptors (Lipinski definition) is 2. The number of aldehydes is 1. The lowest BCUT2D eigenvalue weighted by atomic mass is 10.2. The van der Waals surface area contributed by atoms with Crippen LogP contribution >= 0.6 is 23.2 Å². The number of hydrogen-bond donors (Lipinski definition) is 0. The minimum Gasteiger partial charge on any atom is -0.298 e. The molecule has 0 radical (unpaired) electrons. The molecule has 70 valence electrons. The average molecular weight is 226 g/mol. The maximum Gasteiger partial charge on any atom is 0.266 e. The van der Waals surface area contributed by atoms with Crippen LogP contribution in [0.3, 0.4) is 0 Å². The molecule has 0 aliphatic heterocycles. The van der Waals surface area contributed by atoms with Gasteiger partial charge in [0.15, 0.2) is 6.29 Å². The van der Waals surface area contributed by atoms with Gasteiger partial charge in [0.1, 0.15) is 10.3 Å². The first-order chi connectivity index (χ1) is 6.06. The van der Waals surface area contributed by atoms with Crippen molar-refractivity contribution in [3.8, 4) is 0 Å². The van der Waals surface area contributed by atoms with Crippen LogP contribution in [0.5, 0.6) is 0 Å². The summed E-state index contributed by atoms with van der Waals surface area (Å²) in [5.74, 6) is 0. The topological polar surface area (TPSA) is 30.0 Å². The van der Waals surface area contributed by atoms with Crippen molar-refractivity contribution in [3.63, 3.8) is 0 Å². The second kappa shape index (κ2) is 3.98. The summed E-state index contributed by atoms with van der Waals surface area (Å²) in [6, 6.07) is 0.926. The van der Waals surface area contributed by atoms with Crippen LogP contribution < -0.4 is 0 Å². The molecule has 0 saturated heterocycles. The molecule has 1 aromatic rings. The second-order valence-corrected chi connectivity index (χ2v) is 2.88. The molecule has 0 amide bonds. The van der Waals surface area contributed by atoms with Gasteiger partial charge in [0.2, 0.25) is 0 Å². The lowest BCUT2D eigenvalue weighted by molar-refractivity contribution is 0.112. The van der Waals surface area contributed by atoms with Crippen molar-refractivity contribution >= 4 is 29.5 Å². The zero-order chi connectivity index (χ0) is 10.0. The van der Waals surface area contributed by atoms with Gasteiger partial charge in [-0.25, -0.2) is 13.8 Å². The Hall–Kier alpha value is -0.740. The van der Waals surface area contributed by atoms with Crippen molar-refractivity contribution in [2.24, 2.45) is 0 Å². The zero-order valence-electron chi connectivity index (χ0n) is 6.10. The Kier molecular flexibility index (Phi) is 3.17. The molecule has 0 N–H and O–H groups in total. The van der Waals surface area contributed by atoms with Crippen LogP contribution in [0.1, 0.15) is 22.3 Å². The summed E-state index contributed by atoms with van der Waals surface area (Å²) >= 11 is 10.8. The van der Waals surface area contributed by atoms with E-state index in [2.05, 4.69) is 4.98 Å². The first-order valence-electron chi connectivity index (χ1n) is 3.15. The zero-order valence-corrected chi connectivity index (χ0v) is 7.61. The molecule has 1 aromatic heterocycles. The van der Waals surface area contributed by atoms with Crippen LogP contribution in [-0.2, 0) is 0 Å². The lowest BCUT2D eigenvalue weighted by Crippen LogP contribution is -1.94. The van der Waals surface area contributed by atoms with E-state index in [1.165, 1.54) is 0 Å². The monoisotopic (exact) mass is 225 g/mol. The van der Waals surface area contributed by atoms with Crippen molar-refractivity contribution in [3.05, 3.63) is 27.5 Å². The van der Waals surface area contributed by atoms with Crippen LogP contribution in [0, 0.1) is 0 Å². The fourth-order valence-electron chi connectivity index (χ4n) is 0.738. The highest BCUT2D eigenvalue weighted by Gasteiger charge is 2.16. The Morgan fingerprint density at radius 1 is 1.38 bits per heavy atom. The summed E-state index contributed by atoms with van der Waals surface area (Å²) in [7, 11) is 0. The molecule has 13 heavy (non-hydrogen) atoms. The minimum absolute atomic E-state index is 0.0960. The number of carbonyl (C=O) groups excluding carboxylic acids is 1. The Labute approximate surface area is 82.5 Å². The van der Waals surface area contributed by atoms with E-state index in [0.717, 1.165) is 6.07 Å². The highest BCUT2D eigenvalue weighted by Crippen LogP contribution is 2.28. The summed E-state index contributed by atoms with van der Waals surface area (Å²) < 4.78 is 24.4. The normalized spacial score (nSPS) is 10.5. The lowest BCUT2D eigenvalue weighted by Gasteiger charge is -2.03. The molecule has 0 saturated carbocycles. The molecule has 0 aromatic carbocycles. The molecule has 1 heterocycles. The Bertz CT molecular complexity index is 344. The van der Waals surface area contributed by atoms with E-state index in [-0.39, 0.29) is 15.9 Å². The van der Waals surface area contributed by atoms with Crippen molar-refractivity contribution in [2.75, 3.05) is 0 Å². The molecular formula is C7H3Cl2F2NO. The number of pyridine rings is 1. The van der Waals surface area contributed by atoms with Crippen LogP contribution in [0.2, 0.25) is 10.3 Å². The van der Waals surface area contributed by atoms with Gasteiger partial charge in [-0.05, 0) is 6.07 Å². The van der Waals surface area contributed by atoms with Gasteiger partial charge in [-0.15, -0.1) is 0 Å². The Morgan fingerprint density at radius 3 is 2.46 bits per heavy atom. The predicted molar refractivity (Wildman–Crippen MR) is 44.6 cm³/mol. The number of rotatable bonds is 2. The first-order valence-corrected chi connectivity index (χ1v) is 3.91. The van der Waals surface area contributed by atoms with Gasteiger partial charge >= 0.3 is 0 Å². The van der Waals surface area contributed by atoms with Gasteiger partial charge in [0.25, 0.3) is 6.43 Å². The van der Waals surface area contributed by atoms with Crippen LogP contribution in [0.15, 0.2) is 6.07 Å². The van der Waals surface area contributed by atoms with Gasteiger partial charge in [0.05, 0.1) is 11.1 Å². The van der Waals surface area contributed by atoms with Gasteiger partial charge in [-0.3, -0.25) is 4.79 Å². The quantitative estimate of drug-likeness (QED) is 0.572. The molecule has 0 bridgehead atoms. The highest BCUT2D eigenvalue weighted by molar-refractivity contribution is 6.34. The van der Waals surface area contributed by atoms with Crippen LogP contribution in [0.4, 0.5) is 8.78 Å². The summed E-state index contributed by atoms with van der Waals surface area (Å²) in [4.78, 5) is 13.7. The van der Waals surface area contributed by atoms with E-state index in [0.29, 0.717) is 6.29 Å². The van der Waals surface area contributed by atoms with Gasteiger partial charge < -0.3 is 0 Å². The molecule has 0 atom stereocenters. The third-order valence-electron chi connectivity index (χ3n) is 1.35.